The monoisotopic (exact) mass is 339 g/mol. The van der Waals surface area contributed by atoms with E-state index in [2.05, 4.69) is 5.32 Å². The molecular weight excluding hydrogens is 325 g/mol. The summed E-state index contributed by atoms with van der Waals surface area (Å²) in [6.45, 7) is -0.103. The van der Waals surface area contributed by atoms with Gasteiger partial charge in [0.25, 0.3) is 5.91 Å². The van der Waals surface area contributed by atoms with Crippen LogP contribution in [0.4, 0.5) is 0 Å². The molecule has 7 heteroatoms. The fourth-order valence-corrected chi connectivity index (χ4v) is 2.34. The summed E-state index contributed by atoms with van der Waals surface area (Å²) < 4.78 is 15.6. The highest BCUT2D eigenvalue weighted by Gasteiger charge is 2.17. The molecule has 0 radical (unpaired) electrons. The van der Waals surface area contributed by atoms with Crippen molar-refractivity contribution < 1.29 is 18.8 Å². The highest BCUT2D eigenvalue weighted by atomic mass is 35.5. The third-order valence-electron chi connectivity index (χ3n) is 2.99. The Morgan fingerprint density at radius 3 is 2.41 bits per heavy atom. The summed E-state index contributed by atoms with van der Waals surface area (Å²) in [5.41, 5.74) is 1.23. The van der Waals surface area contributed by atoms with Crippen LogP contribution in [0.15, 0.2) is 54.6 Å². The Kier molecular flexibility index (Phi) is 6.16. The predicted molar refractivity (Wildman–Crippen MR) is 85.3 cm³/mol. The summed E-state index contributed by atoms with van der Waals surface area (Å²) in [6, 6.07) is 15.0. The van der Waals surface area contributed by atoms with E-state index in [-0.39, 0.29) is 12.5 Å². The second-order valence-corrected chi connectivity index (χ2v) is 5.78. The van der Waals surface area contributed by atoms with E-state index >= 15 is 0 Å². The van der Waals surface area contributed by atoms with E-state index in [0.29, 0.717) is 10.6 Å². The molecule has 0 aromatic heterocycles. The molecule has 22 heavy (non-hydrogen) atoms. The van der Waals surface area contributed by atoms with Crippen molar-refractivity contribution in [3.63, 3.8) is 0 Å². The normalized spacial score (nSPS) is 13.4. The molecule has 0 fully saturated rings. The molecule has 0 saturated heterocycles. The zero-order valence-corrected chi connectivity index (χ0v) is 13.3. The van der Waals surface area contributed by atoms with Crippen LogP contribution in [0.2, 0.25) is 5.02 Å². The lowest BCUT2D eigenvalue weighted by atomic mass is 10.1. The summed E-state index contributed by atoms with van der Waals surface area (Å²) in [5, 5.41) is 3.35. The minimum Gasteiger partial charge on any atom is -0.343 e. The Hall–Kier alpha value is -1.65. The number of hydrogen-bond acceptors (Lipinski definition) is 3. The number of hydrogen-bond donors (Lipinski definition) is 2. The number of rotatable bonds is 6. The van der Waals surface area contributed by atoms with Crippen LogP contribution in [0.5, 0.6) is 0 Å². The number of carbonyl (C=O) groups is 1. The Morgan fingerprint density at radius 1 is 1.18 bits per heavy atom. The first-order valence-corrected chi connectivity index (χ1v) is 8.17. The van der Waals surface area contributed by atoms with E-state index in [9.17, 15) is 9.36 Å². The summed E-state index contributed by atoms with van der Waals surface area (Å²) in [4.78, 5) is 21.0. The van der Waals surface area contributed by atoms with Crippen molar-refractivity contribution in [2.24, 2.45) is 0 Å². The second kappa shape index (κ2) is 8.11. The van der Waals surface area contributed by atoms with Gasteiger partial charge in [0.1, 0.15) is 0 Å². The number of benzene rings is 2. The molecular formula is C15H15ClNO4P. The van der Waals surface area contributed by atoms with Gasteiger partial charge in [-0.2, -0.15) is 0 Å². The van der Waals surface area contributed by atoms with Crippen LogP contribution in [0, 0.1) is 0 Å². The van der Waals surface area contributed by atoms with Crippen molar-refractivity contribution in [3.8, 4) is 0 Å². The molecule has 2 rings (SSSR count). The zero-order chi connectivity index (χ0) is 15.9. The van der Waals surface area contributed by atoms with Crippen molar-refractivity contribution in [2.45, 2.75) is 6.04 Å². The summed E-state index contributed by atoms with van der Waals surface area (Å²) in [6.07, 6.45) is 0. The van der Waals surface area contributed by atoms with Crippen LogP contribution in [0.25, 0.3) is 0 Å². The van der Waals surface area contributed by atoms with Gasteiger partial charge >= 0.3 is 8.25 Å². The highest BCUT2D eigenvalue weighted by Crippen LogP contribution is 2.22. The van der Waals surface area contributed by atoms with E-state index in [1.165, 1.54) is 0 Å². The topological polar surface area (TPSA) is 75.6 Å². The van der Waals surface area contributed by atoms with E-state index < -0.39 is 14.3 Å². The molecule has 0 spiro atoms. The molecule has 116 valence electrons. The molecule has 0 aliphatic rings. The Labute approximate surface area is 133 Å². The molecule has 0 heterocycles. The molecule has 0 saturated carbocycles. The fraction of sp³-hybridized carbons (Fsp3) is 0.133. The third kappa shape index (κ3) is 4.97. The van der Waals surface area contributed by atoms with Gasteiger partial charge in [0, 0.05) is 10.6 Å². The van der Waals surface area contributed by atoms with E-state index in [0.717, 1.165) is 5.56 Å². The standard InChI is InChI=1S/C15H15ClNO4P/c16-13-8-6-11(7-9-13)14(10-21-22(19)20)17-15(18)12-4-2-1-3-5-12/h1-9,14,22H,10H2,(H,17,18)(H,19,20). The van der Waals surface area contributed by atoms with Gasteiger partial charge in [-0.3, -0.25) is 9.36 Å². The quantitative estimate of drug-likeness (QED) is 0.792. The maximum Gasteiger partial charge on any atom is 0.316 e. The van der Waals surface area contributed by atoms with Crippen molar-refractivity contribution in [3.05, 3.63) is 70.7 Å². The molecule has 2 atom stereocenters. The van der Waals surface area contributed by atoms with Gasteiger partial charge in [0.2, 0.25) is 0 Å². The molecule has 2 aromatic carbocycles. The molecule has 2 N–H and O–H groups in total. The van der Waals surface area contributed by atoms with Crippen molar-refractivity contribution in [2.75, 3.05) is 6.61 Å². The van der Waals surface area contributed by atoms with Crippen LogP contribution in [0.1, 0.15) is 22.0 Å². The Balaban J connectivity index is 2.15. The van der Waals surface area contributed by atoms with Crippen LogP contribution in [-0.2, 0) is 9.09 Å². The van der Waals surface area contributed by atoms with Crippen LogP contribution < -0.4 is 5.32 Å². The summed E-state index contributed by atoms with van der Waals surface area (Å²) in [7, 11) is -3.07. The van der Waals surface area contributed by atoms with Gasteiger partial charge in [-0.15, -0.1) is 0 Å². The minimum atomic E-state index is -3.07. The lowest BCUT2D eigenvalue weighted by Gasteiger charge is -2.19. The van der Waals surface area contributed by atoms with Gasteiger partial charge in [-0.1, -0.05) is 41.9 Å². The SMILES string of the molecule is O=C(NC(CO[PH](=O)O)c1ccc(Cl)cc1)c1ccccc1. The first-order chi connectivity index (χ1) is 10.6. The number of amides is 1. The molecule has 0 aliphatic carbocycles. The number of halogens is 1. The van der Waals surface area contributed by atoms with Crippen molar-refractivity contribution >= 4 is 25.8 Å². The summed E-state index contributed by atoms with van der Waals surface area (Å²) in [5.74, 6) is -0.290. The number of nitrogens with one attached hydrogen (secondary N) is 1. The van der Waals surface area contributed by atoms with Gasteiger partial charge < -0.3 is 14.7 Å². The van der Waals surface area contributed by atoms with E-state index in [1.807, 2.05) is 6.07 Å². The first-order valence-electron chi connectivity index (χ1n) is 6.53. The lowest BCUT2D eigenvalue weighted by Crippen LogP contribution is -2.31. The van der Waals surface area contributed by atoms with Gasteiger partial charge in [0.15, 0.2) is 0 Å². The minimum absolute atomic E-state index is 0.103. The fourth-order valence-electron chi connectivity index (χ4n) is 1.90. The van der Waals surface area contributed by atoms with Gasteiger partial charge in [-0.05, 0) is 29.8 Å². The van der Waals surface area contributed by atoms with Crippen LogP contribution in [-0.4, -0.2) is 17.4 Å². The maximum atomic E-state index is 12.2. The summed E-state index contributed by atoms with van der Waals surface area (Å²) >= 11 is 5.84. The highest BCUT2D eigenvalue weighted by molar-refractivity contribution is 7.32. The second-order valence-electron chi connectivity index (χ2n) is 4.52. The Bertz CT molecular complexity index is 648. The predicted octanol–water partition coefficient (Wildman–Crippen LogP) is 3.21. The molecule has 0 aliphatic heterocycles. The molecule has 1 amide bonds. The van der Waals surface area contributed by atoms with E-state index in [4.69, 9.17) is 21.0 Å². The third-order valence-corrected chi connectivity index (χ3v) is 3.65. The van der Waals surface area contributed by atoms with Crippen LogP contribution in [0.3, 0.4) is 0 Å². The van der Waals surface area contributed by atoms with Crippen LogP contribution >= 0.6 is 19.9 Å². The average Bonchev–Trinajstić information content (AvgIpc) is 2.53. The lowest BCUT2D eigenvalue weighted by molar-refractivity contribution is 0.0919. The average molecular weight is 340 g/mol. The van der Waals surface area contributed by atoms with Crippen molar-refractivity contribution in [1.82, 2.24) is 5.32 Å². The Morgan fingerprint density at radius 2 is 1.82 bits per heavy atom. The number of carbonyl (C=O) groups excluding carboxylic acids is 1. The van der Waals surface area contributed by atoms with Gasteiger partial charge in [0.05, 0.1) is 12.6 Å². The molecule has 5 nitrogen and oxygen atoms in total. The van der Waals surface area contributed by atoms with Crippen molar-refractivity contribution in [1.29, 1.82) is 0 Å². The first kappa shape index (κ1) is 16.7. The van der Waals surface area contributed by atoms with Gasteiger partial charge in [-0.25, -0.2) is 0 Å². The van der Waals surface area contributed by atoms with E-state index in [1.54, 1.807) is 48.5 Å². The molecule has 2 unspecified atom stereocenters. The smallest absolute Gasteiger partial charge is 0.316 e. The largest absolute Gasteiger partial charge is 0.343 e. The molecule has 2 aromatic rings. The maximum absolute atomic E-state index is 12.2. The zero-order valence-electron chi connectivity index (χ0n) is 11.5. The molecule has 0 bridgehead atoms.